The molecule has 1 unspecified atom stereocenters. The first kappa shape index (κ1) is 16.3. The summed E-state index contributed by atoms with van der Waals surface area (Å²) >= 11 is 0. The number of nitrogens with one attached hydrogen (secondary N) is 1. The van der Waals surface area contributed by atoms with Crippen molar-refractivity contribution in [3.05, 3.63) is 0 Å². The summed E-state index contributed by atoms with van der Waals surface area (Å²) in [5, 5.41) is 11.2. The molecular weight excluding hydrogens is 240 g/mol. The quantitative estimate of drug-likeness (QED) is 0.298. The molecule has 0 spiro atoms. The Bertz CT molecular complexity index is 308. The van der Waals surface area contributed by atoms with Crippen molar-refractivity contribution in [1.82, 2.24) is 5.32 Å². The summed E-state index contributed by atoms with van der Waals surface area (Å²) in [4.78, 5) is 33.0. The van der Waals surface area contributed by atoms with Crippen molar-refractivity contribution in [3.63, 3.8) is 0 Å². The first-order chi connectivity index (χ1) is 8.38. The van der Waals surface area contributed by atoms with E-state index in [4.69, 9.17) is 22.3 Å². The number of carboxylic acids is 1. The molecule has 8 heteroatoms. The molecule has 104 valence electrons. The van der Waals surface area contributed by atoms with Gasteiger partial charge in [-0.25, -0.2) is 4.79 Å². The van der Waals surface area contributed by atoms with Crippen LogP contribution in [0.15, 0.2) is 0 Å². The van der Waals surface area contributed by atoms with Gasteiger partial charge in [0.1, 0.15) is 6.04 Å². The van der Waals surface area contributed by atoms with E-state index in [0.29, 0.717) is 19.4 Å². The zero-order chi connectivity index (χ0) is 14.1. The Kier molecular flexibility index (Phi) is 7.64. The lowest BCUT2D eigenvalue weighted by atomic mass is 10.1. The van der Waals surface area contributed by atoms with Crippen molar-refractivity contribution in [3.8, 4) is 0 Å². The van der Waals surface area contributed by atoms with Gasteiger partial charge in [0.15, 0.2) is 0 Å². The maximum atomic E-state index is 11.5. The molecule has 0 saturated carbocycles. The monoisotopic (exact) mass is 260 g/mol. The molecule has 0 aliphatic heterocycles. The molecule has 0 radical (unpaired) electrons. The average molecular weight is 260 g/mol. The third-order valence-corrected chi connectivity index (χ3v) is 2.32. The zero-order valence-electron chi connectivity index (χ0n) is 10.1. The number of carbonyl (C=O) groups excluding carboxylic acids is 2. The fraction of sp³-hybridized carbons (Fsp3) is 0.700. The molecule has 0 aromatic heterocycles. The topological polar surface area (TPSA) is 162 Å². The van der Waals surface area contributed by atoms with Gasteiger partial charge in [-0.1, -0.05) is 0 Å². The largest absolute Gasteiger partial charge is 0.480 e. The van der Waals surface area contributed by atoms with Gasteiger partial charge in [0.2, 0.25) is 11.8 Å². The molecule has 0 fully saturated rings. The van der Waals surface area contributed by atoms with Crippen molar-refractivity contribution in [2.45, 2.75) is 37.8 Å². The fourth-order valence-corrected chi connectivity index (χ4v) is 1.34. The zero-order valence-corrected chi connectivity index (χ0v) is 10.1. The Morgan fingerprint density at radius 3 is 2.28 bits per heavy atom. The van der Waals surface area contributed by atoms with Crippen molar-refractivity contribution in [2.24, 2.45) is 17.2 Å². The molecule has 0 saturated heterocycles. The van der Waals surface area contributed by atoms with E-state index < -0.39 is 29.9 Å². The second-order valence-electron chi connectivity index (χ2n) is 3.96. The SMILES string of the molecule is NCCCC[C@H](NC(=O)C(N)CC(N)=O)C(=O)O. The maximum absolute atomic E-state index is 11.5. The molecule has 0 aliphatic rings. The number of aliphatic carboxylic acids is 1. The van der Waals surface area contributed by atoms with Crippen LogP contribution in [0.25, 0.3) is 0 Å². The van der Waals surface area contributed by atoms with Gasteiger partial charge in [-0.3, -0.25) is 9.59 Å². The summed E-state index contributed by atoms with van der Waals surface area (Å²) in [6, 6.07) is -2.15. The average Bonchev–Trinajstić information content (AvgIpc) is 2.26. The van der Waals surface area contributed by atoms with Crippen LogP contribution in [0.2, 0.25) is 0 Å². The number of hydrogen-bond acceptors (Lipinski definition) is 5. The standard InChI is InChI=1S/C10H20N4O4/c11-4-2-1-3-7(10(17)18)14-9(16)6(12)5-8(13)15/h6-7H,1-5,11-12H2,(H2,13,15)(H,14,16)(H,17,18)/t6?,7-/m0/s1. The first-order valence-corrected chi connectivity index (χ1v) is 5.65. The second-order valence-corrected chi connectivity index (χ2v) is 3.96. The molecule has 8 nitrogen and oxygen atoms in total. The van der Waals surface area contributed by atoms with E-state index in [1.54, 1.807) is 0 Å². The van der Waals surface area contributed by atoms with E-state index in [-0.39, 0.29) is 12.8 Å². The van der Waals surface area contributed by atoms with E-state index in [1.807, 2.05) is 0 Å². The summed E-state index contributed by atoms with van der Waals surface area (Å²) in [6.45, 7) is 0.460. The Labute approximate surface area is 105 Å². The van der Waals surface area contributed by atoms with Gasteiger partial charge in [-0.15, -0.1) is 0 Å². The first-order valence-electron chi connectivity index (χ1n) is 5.65. The molecule has 0 rings (SSSR count). The van der Waals surface area contributed by atoms with Crippen LogP contribution in [0.5, 0.6) is 0 Å². The summed E-state index contributed by atoms with van der Waals surface area (Å²) in [5.74, 6) is -2.56. The molecule has 2 atom stereocenters. The van der Waals surface area contributed by atoms with Crippen LogP contribution in [-0.4, -0.2) is 41.5 Å². The van der Waals surface area contributed by atoms with Gasteiger partial charge >= 0.3 is 5.97 Å². The molecule has 0 aromatic rings. The van der Waals surface area contributed by atoms with Gasteiger partial charge in [-0.05, 0) is 25.8 Å². The van der Waals surface area contributed by atoms with Crippen molar-refractivity contribution < 1.29 is 19.5 Å². The number of hydrogen-bond donors (Lipinski definition) is 5. The number of nitrogens with two attached hydrogens (primary N) is 3. The third kappa shape index (κ3) is 6.81. The number of carbonyl (C=O) groups is 3. The minimum absolute atomic E-state index is 0.265. The Morgan fingerprint density at radius 2 is 1.83 bits per heavy atom. The van der Waals surface area contributed by atoms with Crippen LogP contribution >= 0.6 is 0 Å². The Morgan fingerprint density at radius 1 is 1.22 bits per heavy atom. The van der Waals surface area contributed by atoms with Crippen molar-refractivity contribution in [1.29, 1.82) is 0 Å². The summed E-state index contributed by atoms with van der Waals surface area (Å²) in [7, 11) is 0. The van der Waals surface area contributed by atoms with Gasteiger partial charge in [0.05, 0.1) is 12.5 Å². The molecule has 0 heterocycles. The third-order valence-electron chi connectivity index (χ3n) is 2.32. The summed E-state index contributed by atoms with van der Waals surface area (Å²) < 4.78 is 0. The number of amides is 2. The Hall–Kier alpha value is -1.67. The van der Waals surface area contributed by atoms with E-state index in [2.05, 4.69) is 5.32 Å². The van der Waals surface area contributed by atoms with Crippen LogP contribution in [0.1, 0.15) is 25.7 Å². The normalized spacial score (nSPS) is 13.7. The number of primary amides is 1. The predicted molar refractivity (Wildman–Crippen MR) is 64.3 cm³/mol. The lowest BCUT2D eigenvalue weighted by molar-refractivity contribution is -0.142. The van der Waals surface area contributed by atoms with Crippen LogP contribution in [0, 0.1) is 0 Å². The molecule has 0 bridgehead atoms. The maximum Gasteiger partial charge on any atom is 0.326 e. The minimum atomic E-state index is -1.15. The highest BCUT2D eigenvalue weighted by atomic mass is 16.4. The lowest BCUT2D eigenvalue weighted by Gasteiger charge is -2.17. The minimum Gasteiger partial charge on any atom is -0.480 e. The Balaban J connectivity index is 4.26. The van der Waals surface area contributed by atoms with Crippen LogP contribution in [-0.2, 0) is 14.4 Å². The predicted octanol–water partition coefficient (Wildman–Crippen LogP) is -2.11. The fourth-order valence-electron chi connectivity index (χ4n) is 1.34. The van der Waals surface area contributed by atoms with Crippen LogP contribution < -0.4 is 22.5 Å². The molecule has 0 aliphatic carbocycles. The van der Waals surface area contributed by atoms with Gasteiger partial charge < -0.3 is 27.6 Å². The highest BCUT2D eigenvalue weighted by Crippen LogP contribution is 2.01. The smallest absolute Gasteiger partial charge is 0.326 e. The number of carboxylic acid groups (broad SMARTS) is 1. The highest BCUT2D eigenvalue weighted by Gasteiger charge is 2.23. The highest BCUT2D eigenvalue weighted by molar-refractivity contribution is 5.90. The van der Waals surface area contributed by atoms with E-state index in [0.717, 1.165) is 0 Å². The number of unbranched alkanes of at least 4 members (excludes halogenated alkanes) is 1. The van der Waals surface area contributed by atoms with Crippen molar-refractivity contribution >= 4 is 17.8 Å². The van der Waals surface area contributed by atoms with E-state index in [1.165, 1.54) is 0 Å². The van der Waals surface area contributed by atoms with Crippen LogP contribution in [0.3, 0.4) is 0 Å². The molecular formula is C10H20N4O4. The summed E-state index contributed by atoms with van der Waals surface area (Å²) in [6.07, 6.45) is 1.20. The molecule has 18 heavy (non-hydrogen) atoms. The van der Waals surface area contributed by atoms with Gasteiger partial charge in [-0.2, -0.15) is 0 Å². The molecule has 8 N–H and O–H groups in total. The van der Waals surface area contributed by atoms with E-state index in [9.17, 15) is 14.4 Å². The van der Waals surface area contributed by atoms with Gasteiger partial charge in [0.25, 0.3) is 0 Å². The summed E-state index contributed by atoms with van der Waals surface area (Å²) in [5.41, 5.74) is 15.6. The van der Waals surface area contributed by atoms with Gasteiger partial charge in [0, 0.05) is 0 Å². The van der Waals surface area contributed by atoms with Crippen molar-refractivity contribution in [2.75, 3.05) is 6.54 Å². The number of rotatable bonds is 9. The van der Waals surface area contributed by atoms with E-state index >= 15 is 0 Å². The molecule has 0 aromatic carbocycles. The lowest BCUT2D eigenvalue weighted by Crippen LogP contribution is -2.49. The molecule has 2 amide bonds. The second kappa shape index (κ2) is 8.43. The van der Waals surface area contributed by atoms with Crippen LogP contribution in [0.4, 0.5) is 0 Å².